The van der Waals surface area contributed by atoms with E-state index in [9.17, 15) is 5.11 Å². The van der Waals surface area contributed by atoms with E-state index in [1.165, 1.54) is 5.56 Å². The molecule has 5 heteroatoms. The van der Waals surface area contributed by atoms with E-state index in [4.69, 9.17) is 0 Å². The summed E-state index contributed by atoms with van der Waals surface area (Å²) in [5.41, 5.74) is 1.18. The molecule has 3 rings (SSSR count). The zero-order valence-electron chi connectivity index (χ0n) is 13.3. The van der Waals surface area contributed by atoms with Crippen LogP contribution in [0.2, 0.25) is 0 Å². The van der Waals surface area contributed by atoms with Crippen LogP contribution in [0.25, 0.3) is 6.08 Å². The van der Waals surface area contributed by atoms with E-state index >= 15 is 0 Å². The number of β-amino-alcohol motifs (C(OH)–C–C–N with tert-alkyl or cyclic N) is 1. The summed E-state index contributed by atoms with van der Waals surface area (Å²) in [5.74, 6) is 1.58. The predicted octanol–water partition coefficient (Wildman–Crippen LogP) is 2.20. The SMILES string of the molecule is CN(CC=Cc1ccccc1)c1nccc(N2CCC(O)C2)n1. The molecule has 1 atom stereocenters. The van der Waals surface area contributed by atoms with Crippen molar-refractivity contribution in [3.8, 4) is 0 Å². The molecule has 0 bridgehead atoms. The van der Waals surface area contributed by atoms with Crippen LogP contribution in [0.15, 0.2) is 48.7 Å². The van der Waals surface area contributed by atoms with Crippen LogP contribution in [0.3, 0.4) is 0 Å². The molecule has 0 saturated carbocycles. The van der Waals surface area contributed by atoms with E-state index in [2.05, 4.69) is 39.2 Å². The maximum Gasteiger partial charge on any atom is 0.227 e. The molecule has 0 aliphatic carbocycles. The number of nitrogens with zero attached hydrogens (tertiary/aromatic N) is 4. The molecular formula is C18H22N4O. The monoisotopic (exact) mass is 310 g/mol. The molecule has 23 heavy (non-hydrogen) atoms. The Kier molecular flexibility index (Phi) is 4.88. The highest BCUT2D eigenvalue weighted by atomic mass is 16.3. The number of aromatic nitrogens is 2. The van der Waals surface area contributed by atoms with Gasteiger partial charge in [-0.15, -0.1) is 0 Å². The van der Waals surface area contributed by atoms with Gasteiger partial charge in [0, 0.05) is 32.9 Å². The van der Waals surface area contributed by atoms with Gasteiger partial charge in [-0.05, 0) is 18.1 Å². The van der Waals surface area contributed by atoms with Gasteiger partial charge in [-0.2, -0.15) is 4.98 Å². The Labute approximate surface area is 136 Å². The maximum absolute atomic E-state index is 9.66. The van der Waals surface area contributed by atoms with Crippen LogP contribution in [-0.2, 0) is 0 Å². The van der Waals surface area contributed by atoms with Gasteiger partial charge in [0.1, 0.15) is 5.82 Å². The molecule has 1 saturated heterocycles. The van der Waals surface area contributed by atoms with E-state index in [0.717, 1.165) is 25.3 Å². The zero-order chi connectivity index (χ0) is 16.1. The first kappa shape index (κ1) is 15.5. The smallest absolute Gasteiger partial charge is 0.227 e. The molecule has 1 fully saturated rings. The lowest BCUT2D eigenvalue weighted by Crippen LogP contribution is -2.24. The molecule has 0 spiro atoms. The van der Waals surface area contributed by atoms with Crippen molar-refractivity contribution in [2.75, 3.05) is 36.5 Å². The van der Waals surface area contributed by atoms with Crippen molar-refractivity contribution in [2.45, 2.75) is 12.5 Å². The number of anilines is 2. The Morgan fingerprint density at radius 2 is 2.13 bits per heavy atom. The van der Waals surface area contributed by atoms with Crippen molar-refractivity contribution in [3.63, 3.8) is 0 Å². The van der Waals surface area contributed by atoms with Crippen LogP contribution in [0, 0.1) is 0 Å². The number of likely N-dealkylation sites (N-methyl/N-ethyl adjacent to an activating group) is 1. The summed E-state index contributed by atoms with van der Waals surface area (Å²) in [6.45, 7) is 2.23. The van der Waals surface area contributed by atoms with Crippen molar-refractivity contribution in [3.05, 3.63) is 54.2 Å². The van der Waals surface area contributed by atoms with E-state index in [0.29, 0.717) is 12.5 Å². The second-order valence-corrected chi connectivity index (χ2v) is 5.80. The molecule has 1 aliphatic rings. The van der Waals surface area contributed by atoms with Crippen molar-refractivity contribution in [2.24, 2.45) is 0 Å². The topological polar surface area (TPSA) is 52.5 Å². The fraction of sp³-hybridized carbons (Fsp3) is 0.333. The number of hydrogen-bond acceptors (Lipinski definition) is 5. The second kappa shape index (κ2) is 7.24. The normalized spacial score (nSPS) is 17.8. The summed E-state index contributed by atoms with van der Waals surface area (Å²) >= 11 is 0. The standard InChI is InChI=1S/C18H22N4O/c1-21(12-5-8-15-6-3-2-4-7-15)18-19-11-9-17(20-18)22-13-10-16(23)14-22/h2-9,11,16,23H,10,12-14H2,1H3. The van der Waals surface area contributed by atoms with Crippen molar-refractivity contribution in [1.29, 1.82) is 0 Å². The molecule has 120 valence electrons. The first-order valence-corrected chi connectivity index (χ1v) is 7.91. The Bertz CT molecular complexity index is 659. The van der Waals surface area contributed by atoms with Gasteiger partial charge in [-0.25, -0.2) is 4.98 Å². The minimum atomic E-state index is -0.250. The first-order valence-electron chi connectivity index (χ1n) is 7.91. The third-order valence-corrected chi connectivity index (χ3v) is 3.95. The van der Waals surface area contributed by atoms with E-state index in [-0.39, 0.29) is 6.10 Å². The highest BCUT2D eigenvalue weighted by Gasteiger charge is 2.21. The minimum Gasteiger partial charge on any atom is -0.391 e. The molecule has 1 aromatic carbocycles. The van der Waals surface area contributed by atoms with Crippen LogP contribution in [0.4, 0.5) is 11.8 Å². The third-order valence-electron chi connectivity index (χ3n) is 3.95. The second-order valence-electron chi connectivity index (χ2n) is 5.80. The average molecular weight is 310 g/mol. The van der Waals surface area contributed by atoms with Gasteiger partial charge in [-0.3, -0.25) is 0 Å². The lowest BCUT2D eigenvalue weighted by atomic mass is 10.2. The summed E-state index contributed by atoms with van der Waals surface area (Å²) < 4.78 is 0. The van der Waals surface area contributed by atoms with E-state index in [1.807, 2.05) is 36.2 Å². The summed E-state index contributed by atoms with van der Waals surface area (Å²) in [6, 6.07) is 12.1. The largest absolute Gasteiger partial charge is 0.391 e. The van der Waals surface area contributed by atoms with Crippen molar-refractivity contribution in [1.82, 2.24) is 9.97 Å². The van der Waals surface area contributed by atoms with Crippen LogP contribution in [0.5, 0.6) is 0 Å². The predicted molar refractivity (Wildman–Crippen MR) is 93.6 cm³/mol. The van der Waals surface area contributed by atoms with Crippen molar-refractivity contribution < 1.29 is 5.11 Å². The number of aliphatic hydroxyl groups excluding tert-OH is 1. The first-order chi connectivity index (χ1) is 11.2. The van der Waals surface area contributed by atoms with Gasteiger partial charge in [0.25, 0.3) is 0 Å². The van der Waals surface area contributed by atoms with Crippen LogP contribution in [0.1, 0.15) is 12.0 Å². The number of hydrogen-bond donors (Lipinski definition) is 1. The van der Waals surface area contributed by atoms with Crippen LogP contribution in [-0.4, -0.2) is 47.9 Å². The summed E-state index contributed by atoms with van der Waals surface area (Å²) in [7, 11) is 1.98. The van der Waals surface area contributed by atoms with E-state index < -0.39 is 0 Å². The molecule has 0 amide bonds. The van der Waals surface area contributed by atoms with E-state index in [1.54, 1.807) is 6.20 Å². The molecule has 1 unspecified atom stereocenters. The Morgan fingerprint density at radius 3 is 2.87 bits per heavy atom. The highest BCUT2D eigenvalue weighted by molar-refractivity contribution is 5.50. The number of aliphatic hydroxyl groups is 1. The molecule has 5 nitrogen and oxygen atoms in total. The average Bonchev–Trinajstić information content (AvgIpc) is 3.02. The maximum atomic E-state index is 9.66. The molecule has 1 aliphatic heterocycles. The Hall–Kier alpha value is -2.40. The van der Waals surface area contributed by atoms with Crippen LogP contribution >= 0.6 is 0 Å². The fourth-order valence-electron chi connectivity index (χ4n) is 2.64. The van der Waals surface area contributed by atoms with Gasteiger partial charge in [-0.1, -0.05) is 42.5 Å². The zero-order valence-corrected chi connectivity index (χ0v) is 13.3. The molecule has 0 radical (unpaired) electrons. The molecule has 1 N–H and O–H groups in total. The summed E-state index contributed by atoms with van der Waals surface area (Å²) in [4.78, 5) is 13.1. The molecule has 1 aromatic heterocycles. The summed E-state index contributed by atoms with van der Waals surface area (Å²) in [5, 5.41) is 9.66. The minimum absolute atomic E-state index is 0.250. The van der Waals surface area contributed by atoms with Gasteiger partial charge in [0.05, 0.1) is 6.10 Å². The fourth-order valence-corrected chi connectivity index (χ4v) is 2.64. The van der Waals surface area contributed by atoms with Gasteiger partial charge in [0.2, 0.25) is 5.95 Å². The summed E-state index contributed by atoms with van der Waals surface area (Å²) in [6.07, 6.45) is 6.52. The molecule has 2 heterocycles. The number of benzene rings is 1. The Morgan fingerprint density at radius 1 is 1.30 bits per heavy atom. The lowest BCUT2D eigenvalue weighted by molar-refractivity contribution is 0.198. The Balaban J connectivity index is 1.63. The van der Waals surface area contributed by atoms with Gasteiger partial charge >= 0.3 is 0 Å². The quantitative estimate of drug-likeness (QED) is 0.917. The third kappa shape index (κ3) is 4.07. The molecule has 2 aromatic rings. The molecular weight excluding hydrogens is 288 g/mol. The van der Waals surface area contributed by atoms with Crippen LogP contribution < -0.4 is 9.80 Å². The van der Waals surface area contributed by atoms with Crippen molar-refractivity contribution >= 4 is 17.8 Å². The van der Waals surface area contributed by atoms with Gasteiger partial charge < -0.3 is 14.9 Å². The number of rotatable bonds is 5. The lowest BCUT2D eigenvalue weighted by Gasteiger charge is -2.20. The highest BCUT2D eigenvalue weighted by Crippen LogP contribution is 2.19. The van der Waals surface area contributed by atoms with Gasteiger partial charge in [0.15, 0.2) is 0 Å².